The zero-order valence-electron chi connectivity index (χ0n) is 12.7. The van der Waals surface area contributed by atoms with Crippen molar-refractivity contribution < 1.29 is 13.2 Å². The van der Waals surface area contributed by atoms with E-state index in [9.17, 15) is 8.42 Å². The van der Waals surface area contributed by atoms with Crippen molar-refractivity contribution in [2.45, 2.75) is 32.7 Å². The molecule has 20 heavy (non-hydrogen) atoms. The number of rotatable bonds is 7. The lowest BCUT2D eigenvalue weighted by Crippen LogP contribution is -2.44. The van der Waals surface area contributed by atoms with Crippen LogP contribution in [-0.4, -0.2) is 58.7 Å². The van der Waals surface area contributed by atoms with Gasteiger partial charge in [0.05, 0.1) is 11.5 Å². The van der Waals surface area contributed by atoms with Gasteiger partial charge >= 0.3 is 0 Å². The van der Waals surface area contributed by atoms with Gasteiger partial charge in [-0.25, -0.2) is 8.42 Å². The first-order valence-electron chi connectivity index (χ1n) is 7.18. The Balaban J connectivity index is 2.15. The Bertz CT molecular complexity index is 407. The predicted molar refractivity (Wildman–Crippen MR) is 81.8 cm³/mol. The molecule has 0 amide bonds. The van der Waals surface area contributed by atoms with Gasteiger partial charge in [0.25, 0.3) is 0 Å². The van der Waals surface area contributed by atoms with Crippen molar-refractivity contribution in [3.8, 4) is 0 Å². The molecule has 0 bridgehead atoms. The zero-order chi connectivity index (χ0) is 15.0. The molecule has 7 heteroatoms. The smallest absolute Gasteiger partial charge is 0.191 e. The summed E-state index contributed by atoms with van der Waals surface area (Å²) in [5.74, 6) is 1.69. The molecule has 1 saturated heterocycles. The Hall–Kier alpha value is -0.820. The second-order valence-electron chi connectivity index (χ2n) is 5.57. The third-order valence-electron chi connectivity index (χ3n) is 3.01. The molecule has 1 aliphatic heterocycles. The molecule has 1 unspecified atom stereocenters. The van der Waals surface area contributed by atoms with E-state index in [1.165, 1.54) is 0 Å². The minimum atomic E-state index is -2.86. The first-order valence-corrected chi connectivity index (χ1v) is 9.00. The molecule has 6 nitrogen and oxygen atoms in total. The Morgan fingerprint density at radius 1 is 1.45 bits per heavy atom. The van der Waals surface area contributed by atoms with Crippen molar-refractivity contribution >= 4 is 15.8 Å². The Morgan fingerprint density at radius 2 is 2.20 bits per heavy atom. The molecular formula is C13H27N3O3S. The highest BCUT2D eigenvalue weighted by Crippen LogP contribution is 2.10. The lowest BCUT2D eigenvalue weighted by atomic mass is 10.2. The van der Waals surface area contributed by atoms with Crippen molar-refractivity contribution in [2.75, 3.05) is 38.3 Å². The maximum absolute atomic E-state index is 11.4. The fourth-order valence-electron chi connectivity index (χ4n) is 2.00. The monoisotopic (exact) mass is 305 g/mol. The highest BCUT2D eigenvalue weighted by Gasteiger charge is 2.28. The van der Waals surface area contributed by atoms with Gasteiger partial charge in [-0.2, -0.15) is 0 Å². The maximum Gasteiger partial charge on any atom is 0.191 e. The van der Waals surface area contributed by atoms with E-state index in [0.717, 1.165) is 26.2 Å². The van der Waals surface area contributed by atoms with Crippen molar-refractivity contribution in [3.63, 3.8) is 0 Å². The third kappa shape index (κ3) is 7.09. The van der Waals surface area contributed by atoms with Crippen LogP contribution in [-0.2, 0) is 14.6 Å². The van der Waals surface area contributed by atoms with Crippen LogP contribution in [0, 0.1) is 5.92 Å². The summed E-state index contributed by atoms with van der Waals surface area (Å²) in [5, 5.41) is 6.33. The van der Waals surface area contributed by atoms with Gasteiger partial charge in [0.2, 0.25) is 0 Å². The molecule has 0 aliphatic carbocycles. The first kappa shape index (κ1) is 17.2. The molecule has 1 aliphatic rings. The van der Waals surface area contributed by atoms with Crippen LogP contribution in [0.15, 0.2) is 4.99 Å². The van der Waals surface area contributed by atoms with E-state index in [4.69, 9.17) is 4.74 Å². The van der Waals surface area contributed by atoms with Crippen LogP contribution in [0.2, 0.25) is 0 Å². The summed E-state index contributed by atoms with van der Waals surface area (Å²) >= 11 is 0. The number of hydrogen-bond acceptors (Lipinski definition) is 4. The van der Waals surface area contributed by atoms with Gasteiger partial charge in [-0.3, -0.25) is 4.99 Å². The van der Waals surface area contributed by atoms with Crippen LogP contribution < -0.4 is 10.6 Å². The average Bonchev–Trinajstić information content (AvgIpc) is 2.71. The molecule has 1 heterocycles. The van der Waals surface area contributed by atoms with Gasteiger partial charge in [-0.15, -0.1) is 0 Å². The molecule has 1 rings (SSSR count). The summed E-state index contributed by atoms with van der Waals surface area (Å²) < 4.78 is 28.3. The van der Waals surface area contributed by atoms with Gasteiger partial charge in [-0.05, 0) is 18.8 Å². The summed E-state index contributed by atoms with van der Waals surface area (Å²) in [6, 6.07) is -0.0246. The summed E-state index contributed by atoms with van der Waals surface area (Å²) in [6.45, 7) is 6.52. The summed E-state index contributed by atoms with van der Waals surface area (Å²) in [7, 11) is -1.17. The molecule has 1 fully saturated rings. The highest BCUT2D eigenvalue weighted by molar-refractivity contribution is 7.91. The molecule has 0 aromatic carbocycles. The van der Waals surface area contributed by atoms with Crippen molar-refractivity contribution in [1.29, 1.82) is 0 Å². The number of ether oxygens (including phenoxy) is 1. The quantitative estimate of drug-likeness (QED) is 0.404. The fourth-order valence-corrected chi connectivity index (χ4v) is 3.67. The van der Waals surface area contributed by atoms with E-state index >= 15 is 0 Å². The predicted octanol–water partition coefficient (Wildman–Crippen LogP) is 0.401. The van der Waals surface area contributed by atoms with Crippen LogP contribution in [0.5, 0.6) is 0 Å². The Labute approximate surface area is 122 Å². The largest absolute Gasteiger partial charge is 0.381 e. The number of nitrogens with one attached hydrogen (secondary N) is 2. The van der Waals surface area contributed by atoms with Crippen LogP contribution in [0.4, 0.5) is 0 Å². The highest BCUT2D eigenvalue weighted by atomic mass is 32.2. The molecule has 0 spiro atoms. The van der Waals surface area contributed by atoms with Gasteiger partial charge < -0.3 is 15.4 Å². The topological polar surface area (TPSA) is 79.8 Å². The van der Waals surface area contributed by atoms with Crippen LogP contribution in [0.25, 0.3) is 0 Å². The van der Waals surface area contributed by atoms with E-state index in [1.807, 2.05) is 0 Å². The molecule has 118 valence electrons. The summed E-state index contributed by atoms with van der Waals surface area (Å²) in [5.41, 5.74) is 0. The normalized spacial score (nSPS) is 22.2. The molecule has 0 saturated carbocycles. The molecule has 0 radical (unpaired) electrons. The SMILES string of the molecule is CN=C(NCCCOCC(C)C)NC1CCS(=O)(=O)C1. The number of hydrogen-bond donors (Lipinski definition) is 2. The minimum Gasteiger partial charge on any atom is -0.381 e. The van der Waals surface area contributed by atoms with Gasteiger partial charge in [0.1, 0.15) is 0 Å². The van der Waals surface area contributed by atoms with E-state index < -0.39 is 9.84 Å². The first-order chi connectivity index (χ1) is 9.43. The van der Waals surface area contributed by atoms with E-state index in [1.54, 1.807) is 7.05 Å². The molecular weight excluding hydrogens is 278 g/mol. The van der Waals surface area contributed by atoms with Crippen molar-refractivity contribution in [2.24, 2.45) is 10.9 Å². The second kappa shape index (κ2) is 8.46. The number of sulfone groups is 1. The summed E-state index contributed by atoms with van der Waals surface area (Å²) in [4.78, 5) is 4.10. The van der Waals surface area contributed by atoms with Gasteiger partial charge in [0.15, 0.2) is 15.8 Å². The average molecular weight is 305 g/mol. The molecule has 1 atom stereocenters. The molecule has 0 aromatic rings. The van der Waals surface area contributed by atoms with Gasteiger partial charge in [0, 0.05) is 32.8 Å². The lowest BCUT2D eigenvalue weighted by molar-refractivity contribution is 0.108. The fraction of sp³-hybridized carbons (Fsp3) is 0.923. The molecule has 0 aromatic heterocycles. The summed E-state index contributed by atoms with van der Waals surface area (Å²) in [6.07, 6.45) is 1.55. The minimum absolute atomic E-state index is 0.0246. The number of aliphatic imine (C=N–C) groups is 1. The Morgan fingerprint density at radius 3 is 2.75 bits per heavy atom. The van der Waals surface area contributed by atoms with Crippen molar-refractivity contribution in [3.05, 3.63) is 0 Å². The lowest BCUT2D eigenvalue weighted by Gasteiger charge is -2.16. The molecule has 2 N–H and O–H groups in total. The van der Waals surface area contributed by atoms with Crippen LogP contribution in [0.3, 0.4) is 0 Å². The van der Waals surface area contributed by atoms with Crippen LogP contribution >= 0.6 is 0 Å². The van der Waals surface area contributed by atoms with Crippen LogP contribution in [0.1, 0.15) is 26.7 Å². The number of guanidine groups is 1. The van der Waals surface area contributed by atoms with Crippen molar-refractivity contribution in [1.82, 2.24) is 10.6 Å². The van der Waals surface area contributed by atoms with E-state index in [0.29, 0.717) is 18.3 Å². The maximum atomic E-state index is 11.4. The Kier molecular flexibility index (Phi) is 7.29. The number of nitrogens with zero attached hydrogens (tertiary/aromatic N) is 1. The van der Waals surface area contributed by atoms with Gasteiger partial charge in [-0.1, -0.05) is 13.8 Å². The second-order valence-corrected chi connectivity index (χ2v) is 7.79. The van der Waals surface area contributed by atoms with E-state index in [-0.39, 0.29) is 17.5 Å². The standard InChI is InChI=1S/C13H27N3O3S/c1-11(2)9-19-7-4-6-15-13(14-3)16-12-5-8-20(17,18)10-12/h11-12H,4-10H2,1-3H3,(H2,14,15,16). The third-order valence-corrected chi connectivity index (χ3v) is 4.77. The zero-order valence-corrected chi connectivity index (χ0v) is 13.5. The van der Waals surface area contributed by atoms with E-state index in [2.05, 4.69) is 29.5 Å².